The molecule has 0 bridgehead atoms. The number of aromatic hydroxyl groups is 4. The van der Waals surface area contributed by atoms with E-state index in [1.165, 1.54) is 0 Å². The number of hydrogen-bond donors (Lipinski definition) is 4. The Morgan fingerprint density at radius 3 is 1.57 bits per heavy atom. The van der Waals surface area contributed by atoms with Gasteiger partial charge in [-0.15, -0.1) is 0 Å². The molecule has 0 saturated carbocycles. The highest BCUT2D eigenvalue weighted by atomic mass is 16.3. The van der Waals surface area contributed by atoms with Crippen LogP contribution < -0.4 is 0 Å². The zero-order valence-electron chi connectivity index (χ0n) is 15.1. The molecule has 4 rings (SSSR count). The molecule has 0 amide bonds. The van der Waals surface area contributed by atoms with Gasteiger partial charge in [0, 0.05) is 11.8 Å². The highest BCUT2D eigenvalue weighted by Crippen LogP contribution is 2.35. The maximum Gasteiger partial charge on any atom is 0.123 e. The van der Waals surface area contributed by atoms with Gasteiger partial charge in [0.2, 0.25) is 0 Å². The molecule has 0 fully saturated rings. The van der Waals surface area contributed by atoms with Crippen LogP contribution in [0.3, 0.4) is 0 Å². The van der Waals surface area contributed by atoms with Gasteiger partial charge in [-0.1, -0.05) is 30.3 Å². The van der Waals surface area contributed by atoms with Crippen LogP contribution in [0.5, 0.6) is 23.0 Å². The first-order valence-electron chi connectivity index (χ1n) is 9.02. The standard InChI is InChI=1S/C24H20O4/c25-19-6-1-15(2-7-19)11-17-5-10-23(27)22-14-24(28)18(13-21(17)22)12-16-3-8-20(26)9-4-16/h1-10,13-14,25-28H,11-12H2. The Kier molecular flexibility index (Phi) is 4.53. The van der Waals surface area contributed by atoms with Gasteiger partial charge in [0.05, 0.1) is 0 Å². The van der Waals surface area contributed by atoms with Gasteiger partial charge in [-0.25, -0.2) is 0 Å². The molecule has 0 heterocycles. The number of phenolic OH excluding ortho intramolecular Hbond substituents is 4. The zero-order valence-corrected chi connectivity index (χ0v) is 15.1. The average Bonchev–Trinajstić information content (AvgIpc) is 2.69. The molecule has 0 spiro atoms. The Balaban J connectivity index is 1.76. The number of fused-ring (bicyclic) bond motifs is 1. The number of hydrogen-bond acceptors (Lipinski definition) is 4. The lowest BCUT2D eigenvalue weighted by Crippen LogP contribution is -1.94. The van der Waals surface area contributed by atoms with Gasteiger partial charge in [-0.2, -0.15) is 0 Å². The molecule has 140 valence electrons. The summed E-state index contributed by atoms with van der Waals surface area (Å²) >= 11 is 0. The molecule has 4 heteroatoms. The Morgan fingerprint density at radius 2 is 1.00 bits per heavy atom. The van der Waals surface area contributed by atoms with E-state index in [1.54, 1.807) is 36.4 Å². The molecule has 28 heavy (non-hydrogen) atoms. The van der Waals surface area contributed by atoms with Crippen molar-refractivity contribution in [3.63, 3.8) is 0 Å². The minimum Gasteiger partial charge on any atom is -0.508 e. The van der Waals surface area contributed by atoms with Crippen molar-refractivity contribution in [3.8, 4) is 23.0 Å². The average molecular weight is 372 g/mol. The molecular weight excluding hydrogens is 352 g/mol. The molecule has 0 atom stereocenters. The van der Waals surface area contributed by atoms with Crippen LogP contribution >= 0.6 is 0 Å². The fraction of sp³-hybridized carbons (Fsp3) is 0.0833. The van der Waals surface area contributed by atoms with Crippen LogP contribution in [0.4, 0.5) is 0 Å². The van der Waals surface area contributed by atoms with Gasteiger partial charge in [0.1, 0.15) is 23.0 Å². The third kappa shape index (κ3) is 3.58. The Morgan fingerprint density at radius 1 is 0.464 bits per heavy atom. The van der Waals surface area contributed by atoms with E-state index in [1.807, 2.05) is 36.4 Å². The van der Waals surface area contributed by atoms with Crippen molar-refractivity contribution in [2.45, 2.75) is 12.8 Å². The number of rotatable bonds is 4. The predicted octanol–water partition coefficient (Wildman–Crippen LogP) is 4.84. The van der Waals surface area contributed by atoms with Crippen LogP contribution in [0.2, 0.25) is 0 Å². The Bertz CT molecular complexity index is 1130. The fourth-order valence-electron chi connectivity index (χ4n) is 3.43. The first-order valence-corrected chi connectivity index (χ1v) is 9.02. The van der Waals surface area contributed by atoms with E-state index in [9.17, 15) is 20.4 Å². The van der Waals surface area contributed by atoms with Gasteiger partial charge in [-0.05, 0) is 76.5 Å². The van der Waals surface area contributed by atoms with E-state index < -0.39 is 0 Å². The molecule has 0 aromatic heterocycles. The van der Waals surface area contributed by atoms with Gasteiger partial charge in [0.15, 0.2) is 0 Å². The summed E-state index contributed by atoms with van der Waals surface area (Å²) < 4.78 is 0. The quantitative estimate of drug-likeness (QED) is 0.413. The smallest absolute Gasteiger partial charge is 0.123 e. The van der Waals surface area contributed by atoms with Crippen molar-refractivity contribution in [2.24, 2.45) is 0 Å². The molecule has 4 N–H and O–H groups in total. The molecule has 4 nitrogen and oxygen atoms in total. The van der Waals surface area contributed by atoms with Crippen LogP contribution in [0, 0.1) is 0 Å². The maximum atomic E-state index is 10.5. The van der Waals surface area contributed by atoms with Crippen LogP contribution in [0.1, 0.15) is 22.3 Å². The zero-order chi connectivity index (χ0) is 19.7. The summed E-state index contributed by atoms with van der Waals surface area (Å²) in [6, 6.07) is 20.9. The molecule has 4 aromatic carbocycles. The molecule has 0 aliphatic heterocycles. The minimum atomic E-state index is 0.121. The maximum absolute atomic E-state index is 10.5. The topological polar surface area (TPSA) is 80.9 Å². The summed E-state index contributed by atoms with van der Waals surface area (Å²) in [7, 11) is 0. The largest absolute Gasteiger partial charge is 0.508 e. The van der Waals surface area contributed by atoms with Gasteiger partial charge < -0.3 is 20.4 Å². The molecule has 0 aliphatic rings. The summed E-state index contributed by atoms with van der Waals surface area (Å²) in [5, 5.41) is 41.1. The first kappa shape index (κ1) is 17.7. The van der Waals surface area contributed by atoms with Crippen LogP contribution in [0.15, 0.2) is 72.8 Å². The third-order valence-electron chi connectivity index (χ3n) is 4.94. The van der Waals surface area contributed by atoms with Gasteiger partial charge in [-0.3, -0.25) is 0 Å². The van der Waals surface area contributed by atoms with Crippen molar-refractivity contribution < 1.29 is 20.4 Å². The van der Waals surface area contributed by atoms with E-state index in [0.717, 1.165) is 27.6 Å². The molecule has 4 aromatic rings. The Hall–Kier alpha value is -3.66. The molecule has 0 saturated heterocycles. The van der Waals surface area contributed by atoms with Gasteiger partial charge >= 0.3 is 0 Å². The van der Waals surface area contributed by atoms with Crippen molar-refractivity contribution in [1.82, 2.24) is 0 Å². The predicted molar refractivity (Wildman–Crippen MR) is 109 cm³/mol. The summed E-state index contributed by atoms with van der Waals surface area (Å²) in [6.45, 7) is 0. The highest BCUT2D eigenvalue weighted by molar-refractivity contribution is 5.93. The van der Waals surface area contributed by atoms with Crippen LogP contribution in [-0.4, -0.2) is 20.4 Å². The van der Waals surface area contributed by atoms with Crippen molar-refractivity contribution in [1.29, 1.82) is 0 Å². The lowest BCUT2D eigenvalue weighted by Gasteiger charge is -2.13. The third-order valence-corrected chi connectivity index (χ3v) is 4.94. The van der Waals surface area contributed by atoms with E-state index in [-0.39, 0.29) is 23.0 Å². The Labute approximate surface area is 162 Å². The van der Waals surface area contributed by atoms with Crippen molar-refractivity contribution in [2.75, 3.05) is 0 Å². The van der Waals surface area contributed by atoms with Gasteiger partial charge in [0.25, 0.3) is 0 Å². The minimum absolute atomic E-state index is 0.121. The van der Waals surface area contributed by atoms with E-state index in [4.69, 9.17) is 0 Å². The lowest BCUT2D eigenvalue weighted by atomic mass is 9.94. The summed E-state index contributed by atoms with van der Waals surface area (Å²) in [5.41, 5.74) is 3.77. The number of benzene rings is 4. The number of phenols is 4. The second-order valence-electron chi connectivity index (χ2n) is 6.96. The molecule has 0 unspecified atom stereocenters. The van der Waals surface area contributed by atoms with E-state index in [2.05, 4.69) is 0 Å². The van der Waals surface area contributed by atoms with E-state index >= 15 is 0 Å². The molecule has 0 aliphatic carbocycles. The summed E-state index contributed by atoms with van der Waals surface area (Å²) in [6.07, 6.45) is 1.15. The first-order chi connectivity index (χ1) is 13.5. The molecular formula is C24H20O4. The SMILES string of the molecule is Oc1ccc(Cc2cc3c(Cc4ccc(O)cc4)ccc(O)c3cc2O)cc1. The summed E-state index contributed by atoms with van der Waals surface area (Å²) in [5.74, 6) is 0.668. The molecule has 0 radical (unpaired) electrons. The lowest BCUT2D eigenvalue weighted by molar-refractivity contribution is 0.467. The van der Waals surface area contributed by atoms with Crippen LogP contribution in [-0.2, 0) is 12.8 Å². The highest BCUT2D eigenvalue weighted by Gasteiger charge is 2.12. The second kappa shape index (κ2) is 7.16. The fourth-order valence-corrected chi connectivity index (χ4v) is 3.43. The second-order valence-corrected chi connectivity index (χ2v) is 6.96. The van der Waals surface area contributed by atoms with E-state index in [0.29, 0.717) is 18.2 Å². The summed E-state index contributed by atoms with van der Waals surface area (Å²) in [4.78, 5) is 0. The normalized spacial score (nSPS) is 11.0. The van der Waals surface area contributed by atoms with Crippen LogP contribution in [0.25, 0.3) is 10.8 Å². The monoisotopic (exact) mass is 372 g/mol. The van der Waals surface area contributed by atoms with Crippen molar-refractivity contribution >= 4 is 10.8 Å². The van der Waals surface area contributed by atoms with Crippen molar-refractivity contribution in [3.05, 3.63) is 95.1 Å².